The molecule has 0 unspecified atom stereocenters. The number of carbonyl (C=O) groups excluding carboxylic acids is 1. The molecular formula is C21H21F2NO3. The Labute approximate surface area is 156 Å². The summed E-state index contributed by atoms with van der Waals surface area (Å²) in [6.07, 6.45) is 0.931. The number of ether oxygens (including phenoxy) is 1. The lowest BCUT2D eigenvalue weighted by Gasteiger charge is -2.17. The van der Waals surface area contributed by atoms with Crippen molar-refractivity contribution in [2.24, 2.45) is 0 Å². The van der Waals surface area contributed by atoms with Crippen LogP contribution in [0.1, 0.15) is 23.8 Å². The summed E-state index contributed by atoms with van der Waals surface area (Å²) in [7, 11) is 1.75. The zero-order chi connectivity index (χ0) is 19.4. The Kier molecular flexibility index (Phi) is 5.74. The Balaban J connectivity index is 1.69. The first-order chi connectivity index (χ1) is 13.0. The summed E-state index contributed by atoms with van der Waals surface area (Å²) in [5.74, 6) is 0.890. The van der Waals surface area contributed by atoms with Gasteiger partial charge in [0.25, 0.3) is 0 Å². The largest absolute Gasteiger partial charge is 0.461 e. The van der Waals surface area contributed by atoms with Gasteiger partial charge in [0.1, 0.15) is 17.1 Å². The number of amides is 1. The molecule has 0 fully saturated rings. The highest BCUT2D eigenvalue weighted by Crippen LogP contribution is 2.27. The van der Waals surface area contributed by atoms with Crippen LogP contribution in [0.25, 0.3) is 11.0 Å². The highest BCUT2D eigenvalue weighted by molar-refractivity contribution is 5.83. The molecule has 4 nitrogen and oxygen atoms in total. The lowest BCUT2D eigenvalue weighted by molar-refractivity contribution is -0.129. The summed E-state index contributed by atoms with van der Waals surface area (Å²) in [5, 5.41) is 1.02. The number of likely N-dealkylation sites (N-methyl/N-ethyl adjacent to an activating group) is 1. The molecule has 3 aromatic rings. The van der Waals surface area contributed by atoms with Crippen LogP contribution in [0.3, 0.4) is 0 Å². The molecule has 0 bridgehead atoms. The molecular weight excluding hydrogens is 352 g/mol. The van der Waals surface area contributed by atoms with Gasteiger partial charge in [-0.15, -0.1) is 0 Å². The summed E-state index contributed by atoms with van der Waals surface area (Å²) in [4.78, 5) is 14.2. The second-order valence-corrected chi connectivity index (χ2v) is 6.30. The number of furan rings is 1. The van der Waals surface area contributed by atoms with E-state index in [1.54, 1.807) is 24.1 Å². The van der Waals surface area contributed by atoms with Crippen molar-refractivity contribution in [2.75, 3.05) is 7.05 Å². The molecule has 0 N–H and O–H groups in total. The maximum atomic E-state index is 12.6. The van der Waals surface area contributed by atoms with Crippen molar-refractivity contribution in [2.45, 2.75) is 32.9 Å². The topological polar surface area (TPSA) is 42.7 Å². The average molecular weight is 373 g/mol. The molecule has 0 aliphatic heterocycles. The lowest BCUT2D eigenvalue weighted by atomic mass is 10.1. The molecule has 27 heavy (non-hydrogen) atoms. The second kappa shape index (κ2) is 8.20. The van der Waals surface area contributed by atoms with Gasteiger partial charge < -0.3 is 14.1 Å². The van der Waals surface area contributed by atoms with Crippen LogP contribution in [0, 0.1) is 0 Å². The first kappa shape index (κ1) is 18.9. The standard InChI is InChI=1S/C21H21F2NO3/c1-3-18-17(16-6-4-5-7-19(16)27-18)13-24(2)20(25)12-14-8-10-15(11-9-14)26-21(22)23/h4-11,21H,3,12-13H2,1-2H3. The van der Waals surface area contributed by atoms with Gasteiger partial charge in [-0.25, -0.2) is 0 Å². The van der Waals surface area contributed by atoms with E-state index in [0.29, 0.717) is 6.54 Å². The van der Waals surface area contributed by atoms with Gasteiger partial charge in [-0.3, -0.25) is 4.79 Å². The first-order valence-corrected chi connectivity index (χ1v) is 8.75. The minimum Gasteiger partial charge on any atom is -0.461 e. The van der Waals surface area contributed by atoms with Crippen LogP contribution in [0.4, 0.5) is 8.78 Å². The quantitative estimate of drug-likeness (QED) is 0.598. The fourth-order valence-electron chi connectivity index (χ4n) is 3.03. The number of aryl methyl sites for hydroxylation is 1. The van der Waals surface area contributed by atoms with Crippen LogP contribution in [-0.2, 0) is 24.2 Å². The predicted octanol–water partition coefficient (Wildman–Crippen LogP) is 4.80. The molecule has 0 atom stereocenters. The van der Waals surface area contributed by atoms with Crippen LogP contribution < -0.4 is 4.74 Å². The van der Waals surface area contributed by atoms with Gasteiger partial charge in [0.2, 0.25) is 5.91 Å². The summed E-state index contributed by atoms with van der Waals surface area (Å²) in [5.41, 5.74) is 2.57. The molecule has 0 radical (unpaired) electrons. The number of rotatable bonds is 7. The van der Waals surface area contributed by atoms with Gasteiger partial charge in [0, 0.05) is 31.0 Å². The SMILES string of the molecule is CCc1oc2ccccc2c1CN(C)C(=O)Cc1ccc(OC(F)F)cc1. The van der Waals surface area contributed by atoms with E-state index in [1.165, 1.54) is 12.1 Å². The third kappa shape index (κ3) is 4.45. The van der Waals surface area contributed by atoms with E-state index in [9.17, 15) is 13.6 Å². The molecule has 2 aromatic carbocycles. The number of nitrogens with zero attached hydrogens (tertiary/aromatic N) is 1. The molecule has 0 saturated heterocycles. The minimum absolute atomic E-state index is 0.0649. The van der Waals surface area contributed by atoms with Crippen LogP contribution in [0.2, 0.25) is 0 Å². The van der Waals surface area contributed by atoms with E-state index in [-0.39, 0.29) is 18.1 Å². The lowest BCUT2D eigenvalue weighted by Crippen LogP contribution is -2.28. The van der Waals surface area contributed by atoms with Crippen LogP contribution >= 0.6 is 0 Å². The Bertz CT molecular complexity index is 919. The van der Waals surface area contributed by atoms with Gasteiger partial charge in [-0.1, -0.05) is 37.3 Å². The Hall–Kier alpha value is -2.89. The smallest absolute Gasteiger partial charge is 0.387 e. The van der Waals surface area contributed by atoms with E-state index in [1.807, 2.05) is 31.2 Å². The molecule has 142 valence electrons. The van der Waals surface area contributed by atoms with Crippen LogP contribution in [0.15, 0.2) is 52.9 Å². The molecule has 1 aromatic heterocycles. The molecule has 1 amide bonds. The van der Waals surface area contributed by atoms with Crippen molar-refractivity contribution in [1.82, 2.24) is 4.90 Å². The van der Waals surface area contributed by atoms with Gasteiger partial charge in [0.15, 0.2) is 0 Å². The minimum atomic E-state index is -2.86. The Morgan fingerprint density at radius 3 is 2.52 bits per heavy atom. The third-order valence-electron chi connectivity index (χ3n) is 4.43. The normalized spacial score (nSPS) is 11.1. The second-order valence-electron chi connectivity index (χ2n) is 6.30. The summed E-state index contributed by atoms with van der Waals surface area (Å²) < 4.78 is 34.6. The number of carbonyl (C=O) groups is 1. The number of hydrogen-bond donors (Lipinski definition) is 0. The number of para-hydroxylation sites is 1. The third-order valence-corrected chi connectivity index (χ3v) is 4.43. The summed E-state index contributed by atoms with van der Waals surface area (Å²) in [6, 6.07) is 13.9. The monoisotopic (exact) mass is 373 g/mol. The van der Waals surface area contributed by atoms with Crippen molar-refractivity contribution < 1.29 is 22.7 Å². The summed E-state index contributed by atoms with van der Waals surface area (Å²) >= 11 is 0. The molecule has 0 saturated carbocycles. The van der Waals surface area contributed by atoms with E-state index < -0.39 is 6.61 Å². The fourth-order valence-corrected chi connectivity index (χ4v) is 3.03. The maximum Gasteiger partial charge on any atom is 0.387 e. The number of halogens is 2. The molecule has 0 spiro atoms. The number of hydrogen-bond acceptors (Lipinski definition) is 3. The molecule has 6 heteroatoms. The number of alkyl halides is 2. The number of fused-ring (bicyclic) bond motifs is 1. The Morgan fingerprint density at radius 2 is 1.85 bits per heavy atom. The van der Waals surface area contributed by atoms with Crippen molar-refractivity contribution in [3.63, 3.8) is 0 Å². The van der Waals surface area contributed by atoms with Gasteiger partial charge >= 0.3 is 6.61 Å². The van der Waals surface area contributed by atoms with E-state index >= 15 is 0 Å². The van der Waals surface area contributed by atoms with E-state index in [2.05, 4.69) is 4.74 Å². The highest BCUT2D eigenvalue weighted by atomic mass is 19.3. The first-order valence-electron chi connectivity index (χ1n) is 8.75. The Morgan fingerprint density at radius 1 is 1.15 bits per heavy atom. The van der Waals surface area contributed by atoms with Gasteiger partial charge in [0.05, 0.1) is 6.42 Å². The van der Waals surface area contributed by atoms with Crippen molar-refractivity contribution >= 4 is 16.9 Å². The van der Waals surface area contributed by atoms with E-state index in [0.717, 1.165) is 34.3 Å². The molecule has 3 rings (SSSR count). The van der Waals surface area contributed by atoms with E-state index in [4.69, 9.17) is 4.42 Å². The zero-order valence-electron chi connectivity index (χ0n) is 15.2. The maximum absolute atomic E-state index is 12.6. The number of benzene rings is 2. The van der Waals surface area contributed by atoms with Crippen molar-refractivity contribution in [3.8, 4) is 5.75 Å². The molecule has 1 heterocycles. The van der Waals surface area contributed by atoms with Gasteiger partial charge in [-0.05, 0) is 23.8 Å². The highest BCUT2D eigenvalue weighted by Gasteiger charge is 2.17. The molecule has 0 aliphatic carbocycles. The predicted molar refractivity (Wildman–Crippen MR) is 98.8 cm³/mol. The average Bonchev–Trinajstić information content (AvgIpc) is 3.00. The summed E-state index contributed by atoms with van der Waals surface area (Å²) in [6.45, 7) is -0.390. The van der Waals surface area contributed by atoms with Crippen LogP contribution in [0.5, 0.6) is 5.75 Å². The zero-order valence-corrected chi connectivity index (χ0v) is 15.2. The molecule has 0 aliphatic rings. The van der Waals surface area contributed by atoms with Crippen LogP contribution in [-0.4, -0.2) is 24.5 Å². The van der Waals surface area contributed by atoms with Gasteiger partial charge in [-0.2, -0.15) is 8.78 Å². The fraction of sp³-hybridized carbons (Fsp3) is 0.286. The van der Waals surface area contributed by atoms with Crippen molar-refractivity contribution in [1.29, 1.82) is 0 Å². The van der Waals surface area contributed by atoms with Crippen molar-refractivity contribution in [3.05, 3.63) is 65.4 Å².